The molecule has 2 atom stereocenters. The predicted octanol–water partition coefficient (Wildman–Crippen LogP) is 3.37. The van der Waals surface area contributed by atoms with Crippen molar-refractivity contribution < 1.29 is 19.1 Å². The van der Waals surface area contributed by atoms with Crippen LogP contribution in [0.1, 0.15) is 31.0 Å². The second-order valence-corrected chi connectivity index (χ2v) is 7.89. The highest BCUT2D eigenvalue weighted by Crippen LogP contribution is 2.27. The Morgan fingerprint density at radius 2 is 1.65 bits per heavy atom. The highest BCUT2D eigenvalue weighted by Gasteiger charge is 2.26. The molecule has 1 unspecified atom stereocenters. The molecule has 2 amide bonds. The van der Waals surface area contributed by atoms with Crippen molar-refractivity contribution in [2.75, 3.05) is 27.7 Å². The van der Waals surface area contributed by atoms with Crippen molar-refractivity contribution in [1.82, 2.24) is 15.5 Å². The molecular weight excluding hydrogens is 394 g/mol. The van der Waals surface area contributed by atoms with E-state index in [2.05, 4.69) is 10.6 Å². The summed E-state index contributed by atoms with van der Waals surface area (Å²) in [6.45, 7) is 4.28. The van der Waals surface area contributed by atoms with Gasteiger partial charge in [0.1, 0.15) is 18.4 Å². The van der Waals surface area contributed by atoms with E-state index in [0.29, 0.717) is 6.54 Å². The number of likely N-dealkylation sites (N-methyl/N-ethyl adjacent to an activating group) is 1. The number of carbonyl (C=O) groups is 2. The van der Waals surface area contributed by atoms with E-state index in [0.717, 1.165) is 16.9 Å². The van der Waals surface area contributed by atoms with Gasteiger partial charge in [0.2, 0.25) is 5.91 Å². The normalized spacial score (nSPS) is 12.9. The molecule has 168 valence electrons. The zero-order valence-corrected chi connectivity index (χ0v) is 18.9. The van der Waals surface area contributed by atoms with Gasteiger partial charge in [0.15, 0.2) is 0 Å². The molecule has 0 radical (unpaired) electrons. The third-order valence-corrected chi connectivity index (χ3v) is 5.03. The van der Waals surface area contributed by atoms with E-state index in [9.17, 15) is 9.59 Å². The van der Waals surface area contributed by atoms with Gasteiger partial charge in [-0.25, -0.2) is 4.79 Å². The first-order valence-corrected chi connectivity index (χ1v) is 10.4. The van der Waals surface area contributed by atoms with E-state index in [-0.39, 0.29) is 24.5 Å². The average Bonchev–Trinajstić information content (AvgIpc) is 2.76. The maximum absolute atomic E-state index is 12.9. The Balaban J connectivity index is 1.98. The molecule has 2 rings (SSSR count). The molecule has 0 heterocycles. The van der Waals surface area contributed by atoms with Gasteiger partial charge in [-0.15, -0.1) is 0 Å². The number of rotatable bonds is 10. The largest absolute Gasteiger partial charge is 0.496 e. The molecule has 0 aliphatic rings. The number of nitrogens with zero attached hydrogens (tertiary/aromatic N) is 1. The van der Waals surface area contributed by atoms with Gasteiger partial charge < -0.3 is 25.0 Å². The van der Waals surface area contributed by atoms with Crippen molar-refractivity contribution in [2.45, 2.75) is 32.5 Å². The van der Waals surface area contributed by atoms with Crippen LogP contribution in [0.15, 0.2) is 54.6 Å². The lowest BCUT2D eigenvalue weighted by atomic mass is 10.0. The van der Waals surface area contributed by atoms with Gasteiger partial charge in [-0.3, -0.25) is 4.79 Å². The molecule has 0 aromatic heterocycles. The molecule has 7 nitrogen and oxygen atoms in total. The van der Waals surface area contributed by atoms with Gasteiger partial charge in [0.25, 0.3) is 0 Å². The number of nitrogens with one attached hydrogen (secondary N) is 2. The quantitative estimate of drug-likeness (QED) is 0.608. The monoisotopic (exact) mass is 427 g/mol. The summed E-state index contributed by atoms with van der Waals surface area (Å²) in [6.07, 6.45) is -0.619. The van der Waals surface area contributed by atoms with Crippen LogP contribution in [-0.4, -0.2) is 50.7 Å². The molecule has 0 spiro atoms. The fraction of sp³-hybridized carbons (Fsp3) is 0.417. The molecule has 0 aliphatic heterocycles. The van der Waals surface area contributed by atoms with Crippen LogP contribution >= 0.6 is 0 Å². The summed E-state index contributed by atoms with van der Waals surface area (Å²) < 4.78 is 10.7. The lowest BCUT2D eigenvalue weighted by Crippen LogP contribution is -2.51. The topological polar surface area (TPSA) is 79.9 Å². The lowest BCUT2D eigenvalue weighted by molar-refractivity contribution is -0.124. The number of amides is 2. The van der Waals surface area contributed by atoms with E-state index in [1.807, 2.05) is 87.4 Å². The molecule has 0 bridgehead atoms. The number of alkyl carbamates (subject to hydrolysis) is 1. The summed E-state index contributed by atoms with van der Waals surface area (Å²) in [5.41, 5.74) is 1.86. The van der Waals surface area contributed by atoms with Crippen molar-refractivity contribution in [3.8, 4) is 5.75 Å². The van der Waals surface area contributed by atoms with Crippen LogP contribution in [0, 0.1) is 5.92 Å². The SMILES string of the molecule is COc1ccccc1C(CNC(=O)[C@@H](NC(=O)OCc1ccccc1)C(C)C)N(C)C. The van der Waals surface area contributed by atoms with Gasteiger partial charge in [0.05, 0.1) is 13.2 Å². The van der Waals surface area contributed by atoms with Crippen LogP contribution < -0.4 is 15.4 Å². The lowest BCUT2D eigenvalue weighted by Gasteiger charge is -2.28. The van der Waals surface area contributed by atoms with Crippen LogP contribution in [-0.2, 0) is 16.1 Å². The van der Waals surface area contributed by atoms with Gasteiger partial charge in [0, 0.05) is 12.1 Å². The van der Waals surface area contributed by atoms with Crippen molar-refractivity contribution >= 4 is 12.0 Å². The van der Waals surface area contributed by atoms with E-state index in [1.165, 1.54) is 0 Å². The third-order valence-electron chi connectivity index (χ3n) is 5.03. The molecule has 7 heteroatoms. The number of carbonyl (C=O) groups excluding carboxylic acids is 2. The minimum absolute atomic E-state index is 0.0852. The van der Waals surface area contributed by atoms with Crippen LogP contribution in [0.2, 0.25) is 0 Å². The van der Waals surface area contributed by atoms with Gasteiger partial charge in [-0.1, -0.05) is 62.4 Å². The average molecular weight is 428 g/mol. The van der Waals surface area contributed by atoms with Crippen LogP contribution in [0.3, 0.4) is 0 Å². The Morgan fingerprint density at radius 3 is 2.26 bits per heavy atom. The molecule has 0 saturated carbocycles. The minimum atomic E-state index is -0.705. The van der Waals surface area contributed by atoms with Crippen molar-refractivity contribution in [3.63, 3.8) is 0 Å². The van der Waals surface area contributed by atoms with Crippen LogP contribution in [0.4, 0.5) is 4.79 Å². The molecule has 2 aromatic rings. The first kappa shape index (κ1) is 24.2. The number of methoxy groups -OCH3 is 1. The number of benzene rings is 2. The van der Waals surface area contributed by atoms with E-state index < -0.39 is 12.1 Å². The number of ether oxygens (including phenoxy) is 2. The number of hydrogen-bond donors (Lipinski definition) is 2. The summed E-state index contributed by atoms with van der Waals surface area (Å²) in [6, 6.07) is 16.3. The van der Waals surface area contributed by atoms with Gasteiger partial charge in [-0.2, -0.15) is 0 Å². The van der Waals surface area contributed by atoms with Crippen LogP contribution in [0.25, 0.3) is 0 Å². The van der Waals surface area contributed by atoms with E-state index in [1.54, 1.807) is 7.11 Å². The molecule has 0 fully saturated rings. The Bertz CT molecular complexity index is 840. The summed E-state index contributed by atoms with van der Waals surface area (Å²) in [4.78, 5) is 27.1. The van der Waals surface area contributed by atoms with Crippen molar-refractivity contribution in [3.05, 3.63) is 65.7 Å². The maximum Gasteiger partial charge on any atom is 0.408 e. The fourth-order valence-corrected chi connectivity index (χ4v) is 3.25. The first-order chi connectivity index (χ1) is 14.8. The second-order valence-electron chi connectivity index (χ2n) is 7.89. The number of para-hydroxylation sites is 1. The first-order valence-electron chi connectivity index (χ1n) is 10.4. The predicted molar refractivity (Wildman–Crippen MR) is 121 cm³/mol. The zero-order valence-electron chi connectivity index (χ0n) is 18.9. The standard InChI is InChI=1S/C24H33N3O4/c1-17(2)22(26-24(29)31-16-18-11-7-6-8-12-18)23(28)25-15-20(27(3)4)19-13-9-10-14-21(19)30-5/h6-14,17,20,22H,15-16H2,1-5H3,(H,25,28)(H,26,29)/t20?,22-/m0/s1. The highest BCUT2D eigenvalue weighted by atomic mass is 16.5. The van der Waals surface area contributed by atoms with Gasteiger partial charge >= 0.3 is 6.09 Å². The Hall–Kier alpha value is -3.06. The third kappa shape index (κ3) is 7.29. The Kier molecular flexibility index (Phi) is 9.34. The summed E-state index contributed by atoms with van der Waals surface area (Å²) >= 11 is 0. The molecule has 2 aromatic carbocycles. The molecule has 0 aliphatic carbocycles. The molecular formula is C24H33N3O4. The summed E-state index contributed by atoms with van der Waals surface area (Å²) in [5.74, 6) is 0.403. The minimum Gasteiger partial charge on any atom is -0.496 e. The van der Waals surface area contributed by atoms with Crippen molar-refractivity contribution in [1.29, 1.82) is 0 Å². The van der Waals surface area contributed by atoms with Gasteiger partial charge in [-0.05, 0) is 31.6 Å². The highest BCUT2D eigenvalue weighted by molar-refractivity contribution is 5.85. The number of hydrogen-bond acceptors (Lipinski definition) is 5. The molecule has 31 heavy (non-hydrogen) atoms. The van der Waals surface area contributed by atoms with Crippen LogP contribution in [0.5, 0.6) is 5.75 Å². The molecule has 0 saturated heterocycles. The summed E-state index contributed by atoms with van der Waals surface area (Å²) in [5, 5.41) is 5.66. The smallest absolute Gasteiger partial charge is 0.408 e. The van der Waals surface area contributed by atoms with Crippen molar-refractivity contribution in [2.24, 2.45) is 5.92 Å². The maximum atomic E-state index is 12.9. The second kappa shape index (κ2) is 12.0. The fourth-order valence-electron chi connectivity index (χ4n) is 3.25. The Morgan fingerprint density at radius 1 is 1.00 bits per heavy atom. The zero-order chi connectivity index (χ0) is 22.8. The Labute approximate surface area is 184 Å². The van der Waals surface area contributed by atoms with E-state index >= 15 is 0 Å². The van der Waals surface area contributed by atoms with E-state index in [4.69, 9.17) is 9.47 Å². The molecule has 2 N–H and O–H groups in total. The summed E-state index contributed by atoms with van der Waals surface area (Å²) in [7, 11) is 5.52.